The molecule has 26 heavy (non-hydrogen) atoms. The molecule has 2 aromatic carbocycles. The van der Waals surface area contributed by atoms with E-state index in [1.54, 1.807) is 11.0 Å². The van der Waals surface area contributed by atoms with Crippen LogP contribution < -0.4 is 14.4 Å². The highest BCUT2D eigenvalue weighted by Crippen LogP contribution is 2.33. The number of rotatable bonds is 5. The lowest BCUT2D eigenvalue weighted by Gasteiger charge is -2.36. The zero-order valence-corrected chi connectivity index (χ0v) is 14.4. The van der Waals surface area contributed by atoms with Crippen LogP contribution in [0.1, 0.15) is 10.4 Å². The van der Waals surface area contributed by atoms with Crippen molar-refractivity contribution in [3.8, 4) is 11.5 Å². The van der Waals surface area contributed by atoms with E-state index in [9.17, 15) is 13.6 Å². The number of hydrogen-bond acceptors (Lipinski definition) is 4. The predicted octanol–water partition coefficient (Wildman–Crippen LogP) is 3.26. The van der Waals surface area contributed by atoms with E-state index < -0.39 is 6.61 Å². The largest absolute Gasteiger partial charge is 0.493 e. The number of piperazine rings is 1. The molecular weight excluding hydrogens is 342 g/mol. The lowest BCUT2D eigenvalue weighted by Crippen LogP contribution is -2.48. The Labute approximate surface area is 150 Å². The maximum Gasteiger partial charge on any atom is 0.387 e. The molecule has 0 radical (unpaired) electrons. The molecule has 0 bridgehead atoms. The fraction of sp³-hybridized carbons (Fsp3) is 0.316. The van der Waals surface area contributed by atoms with Crippen LogP contribution in [0.25, 0.3) is 0 Å². The lowest BCUT2D eigenvalue weighted by atomic mass is 10.1. The van der Waals surface area contributed by atoms with Crippen LogP contribution in [0, 0.1) is 0 Å². The van der Waals surface area contributed by atoms with Crippen LogP contribution in [-0.2, 0) is 0 Å². The average Bonchev–Trinajstić information content (AvgIpc) is 2.68. The number of hydrogen-bond donors (Lipinski definition) is 0. The summed E-state index contributed by atoms with van der Waals surface area (Å²) in [7, 11) is 1.35. The number of methoxy groups -OCH3 is 1. The van der Waals surface area contributed by atoms with Crippen LogP contribution in [0.5, 0.6) is 11.5 Å². The molecule has 1 heterocycles. The van der Waals surface area contributed by atoms with Gasteiger partial charge in [0, 0.05) is 31.9 Å². The van der Waals surface area contributed by atoms with Crippen molar-refractivity contribution in [1.82, 2.24) is 4.90 Å². The van der Waals surface area contributed by atoms with Gasteiger partial charge in [-0.15, -0.1) is 0 Å². The standard InChI is InChI=1S/C19H20F2N2O3/c1-25-16-9-5-8-15(17(16)26-19(20)21)18(24)23-12-10-22(11-13-23)14-6-3-2-4-7-14/h2-9,19H,10-13H2,1H3. The molecule has 1 aliphatic heterocycles. The highest BCUT2D eigenvalue weighted by Gasteiger charge is 2.27. The molecule has 0 saturated carbocycles. The molecule has 0 unspecified atom stereocenters. The van der Waals surface area contributed by atoms with E-state index in [0.29, 0.717) is 26.2 Å². The number of carbonyl (C=O) groups is 1. The van der Waals surface area contributed by atoms with E-state index in [2.05, 4.69) is 9.64 Å². The van der Waals surface area contributed by atoms with Crippen molar-refractivity contribution in [3.63, 3.8) is 0 Å². The Balaban J connectivity index is 1.74. The van der Waals surface area contributed by atoms with Gasteiger partial charge in [0.1, 0.15) is 0 Å². The van der Waals surface area contributed by atoms with Crippen LogP contribution in [0.2, 0.25) is 0 Å². The Bertz CT molecular complexity index is 748. The van der Waals surface area contributed by atoms with Gasteiger partial charge in [0.05, 0.1) is 12.7 Å². The first-order valence-corrected chi connectivity index (χ1v) is 8.31. The Kier molecular flexibility index (Phi) is 5.55. The number of nitrogens with zero attached hydrogens (tertiary/aromatic N) is 2. The molecule has 0 N–H and O–H groups in total. The third-order valence-corrected chi connectivity index (χ3v) is 4.32. The average molecular weight is 362 g/mol. The van der Waals surface area contributed by atoms with Crippen LogP contribution >= 0.6 is 0 Å². The zero-order valence-electron chi connectivity index (χ0n) is 14.4. The highest BCUT2D eigenvalue weighted by molar-refractivity contribution is 5.98. The minimum absolute atomic E-state index is 0.0813. The van der Waals surface area contributed by atoms with E-state index in [0.717, 1.165) is 5.69 Å². The van der Waals surface area contributed by atoms with Gasteiger partial charge in [0.15, 0.2) is 11.5 Å². The molecule has 0 spiro atoms. The lowest BCUT2D eigenvalue weighted by molar-refractivity contribution is -0.0516. The Hall–Kier alpha value is -2.83. The molecule has 5 nitrogen and oxygen atoms in total. The number of anilines is 1. The van der Waals surface area contributed by atoms with Gasteiger partial charge in [0.2, 0.25) is 0 Å². The molecule has 7 heteroatoms. The van der Waals surface area contributed by atoms with Crippen molar-refractivity contribution in [3.05, 3.63) is 54.1 Å². The van der Waals surface area contributed by atoms with Crippen molar-refractivity contribution in [2.75, 3.05) is 38.2 Å². The fourth-order valence-electron chi connectivity index (χ4n) is 3.03. The molecule has 3 rings (SSSR count). The van der Waals surface area contributed by atoms with Crippen molar-refractivity contribution < 1.29 is 23.0 Å². The predicted molar refractivity (Wildman–Crippen MR) is 94.2 cm³/mol. The number of alkyl halides is 2. The van der Waals surface area contributed by atoms with Crippen molar-refractivity contribution in [1.29, 1.82) is 0 Å². The van der Waals surface area contributed by atoms with Gasteiger partial charge < -0.3 is 19.3 Å². The molecule has 138 valence electrons. The number of ether oxygens (including phenoxy) is 2. The highest BCUT2D eigenvalue weighted by atomic mass is 19.3. The Morgan fingerprint density at radius 3 is 2.31 bits per heavy atom. The van der Waals surface area contributed by atoms with E-state index in [4.69, 9.17) is 4.74 Å². The summed E-state index contributed by atoms with van der Waals surface area (Å²) >= 11 is 0. The van der Waals surface area contributed by atoms with E-state index in [1.807, 2.05) is 30.3 Å². The van der Waals surface area contributed by atoms with Crippen LogP contribution in [0.15, 0.2) is 48.5 Å². The summed E-state index contributed by atoms with van der Waals surface area (Å²) in [4.78, 5) is 16.7. The van der Waals surface area contributed by atoms with Gasteiger partial charge in [-0.2, -0.15) is 8.78 Å². The Morgan fingerprint density at radius 2 is 1.69 bits per heavy atom. The van der Waals surface area contributed by atoms with Gasteiger partial charge in [-0.25, -0.2) is 0 Å². The maximum absolute atomic E-state index is 12.8. The molecule has 2 aromatic rings. The fourth-order valence-corrected chi connectivity index (χ4v) is 3.03. The van der Waals surface area contributed by atoms with Crippen molar-refractivity contribution >= 4 is 11.6 Å². The molecular formula is C19H20F2N2O3. The van der Waals surface area contributed by atoms with Gasteiger partial charge in [-0.05, 0) is 24.3 Å². The smallest absolute Gasteiger partial charge is 0.387 e. The SMILES string of the molecule is COc1cccc(C(=O)N2CCN(c3ccccc3)CC2)c1OC(F)F. The summed E-state index contributed by atoms with van der Waals surface area (Å²) < 4.78 is 35.1. The van der Waals surface area contributed by atoms with E-state index in [1.165, 1.54) is 19.2 Å². The second kappa shape index (κ2) is 8.03. The molecule has 0 aromatic heterocycles. The van der Waals surface area contributed by atoms with Gasteiger partial charge in [-0.3, -0.25) is 4.79 Å². The molecule has 1 fully saturated rings. The summed E-state index contributed by atoms with van der Waals surface area (Å²) in [5.74, 6) is -0.452. The summed E-state index contributed by atoms with van der Waals surface area (Å²) in [5, 5.41) is 0. The summed E-state index contributed by atoms with van der Waals surface area (Å²) in [6, 6.07) is 14.5. The number of carbonyl (C=O) groups excluding carboxylic acids is 1. The molecule has 1 amide bonds. The second-order valence-corrected chi connectivity index (χ2v) is 5.83. The van der Waals surface area contributed by atoms with Gasteiger partial charge in [0.25, 0.3) is 5.91 Å². The number of halogens is 2. The second-order valence-electron chi connectivity index (χ2n) is 5.83. The topological polar surface area (TPSA) is 42.0 Å². The van der Waals surface area contributed by atoms with Gasteiger partial charge >= 0.3 is 6.61 Å². The number of amides is 1. The first-order valence-electron chi connectivity index (χ1n) is 8.31. The van der Waals surface area contributed by atoms with Crippen LogP contribution in [0.4, 0.5) is 14.5 Å². The first-order chi connectivity index (χ1) is 12.6. The van der Waals surface area contributed by atoms with Crippen LogP contribution in [0.3, 0.4) is 0 Å². The molecule has 0 atom stereocenters. The Morgan fingerprint density at radius 1 is 1.00 bits per heavy atom. The minimum Gasteiger partial charge on any atom is -0.493 e. The summed E-state index contributed by atoms with van der Waals surface area (Å²) in [6.45, 7) is -0.694. The minimum atomic E-state index is -3.03. The van der Waals surface area contributed by atoms with E-state index in [-0.39, 0.29) is 23.0 Å². The summed E-state index contributed by atoms with van der Waals surface area (Å²) in [5.41, 5.74) is 1.18. The van der Waals surface area contributed by atoms with Crippen molar-refractivity contribution in [2.24, 2.45) is 0 Å². The third-order valence-electron chi connectivity index (χ3n) is 4.32. The summed E-state index contributed by atoms with van der Waals surface area (Å²) in [6.07, 6.45) is 0. The maximum atomic E-state index is 12.8. The van der Waals surface area contributed by atoms with Crippen molar-refractivity contribution in [2.45, 2.75) is 6.61 Å². The molecule has 1 aliphatic rings. The van der Waals surface area contributed by atoms with E-state index >= 15 is 0 Å². The molecule has 1 saturated heterocycles. The first kappa shape index (κ1) is 18.0. The quantitative estimate of drug-likeness (QED) is 0.819. The monoisotopic (exact) mass is 362 g/mol. The third kappa shape index (κ3) is 3.87. The number of para-hydroxylation sites is 2. The zero-order chi connectivity index (χ0) is 18.5. The van der Waals surface area contributed by atoms with Crippen LogP contribution in [-0.4, -0.2) is 50.7 Å². The van der Waals surface area contributed by atoms with Gasteiger partial charge in [-0.1, -0.05) is 24.3 Å². The molecule has 0 aliphatic carbocycles. The normalized spacial score (nSPS) is 14.5. The number of benzene rings is 2.